The summed E-state index contributed by atoms with van der Waals surface area (Å²) < 4.78 is 14.9. The summed E-state index contributed by atoms with van der Waals surface area (Å²) in [5.74, 6) is 2.38. The number of piperazine rings is 1. The van der Waals surface area contributed by atoms with E-state index in [9.17, 15) is 5.11 Å². The lowest BCUT2D eigenvalue weighted by molar-refractivity contribution is 0.0628. The number of β-amino-alcohol motifs (C(OH)–C–C–N with tert-alkyl or cyclic N) is 1. The summed E-state index contributed by atoms with van der Waals surface area (Å²) in [6.45, 7) is 8.44. The fourth-order valence-corrected chi connectivity index (χ4v) is 5.73. The molecule has 0 saturated carbocycles. The summed E-state index contributed by atoms with van der Waals surface area (Å²) in [4.78, 5) is 8.97. The second-order valence-corrected chi connectivity index (χ2v) is 10.9. The fourth-order valence-electron chi connectivity index (χ4n) is 4.03. The monoisotopic (exact) mass is 653 g/mol. The molecule has 1 unspecified atom stereocenters. The number of rotatable bonds is 6. The predicted octanol–water partition coefficient (Wildman–Crippen LogP) is 5.07. The van der Waals surface area contributed by atoms with E-state index in [0.717, 1.165) is 63.1 Å². The van der Waals surface area contributed by atoms with Gasteiger partial charge >= 0.3 is 0 Å². The number of pyridine rings is 1. The molecule has 2 aromatic rings. The molecule has 0 aliphatic carbocycles. The van der Waals surface area contributed by atoms with Crippen molar-refractivity contribution in [1.82, 2.24) is 9.88 Å². The number of aromatic nitrogens is 1. The van der Waals surface area contributed by atoms with Crippen molar-refractivity contribution in [3.8, 4) is 11.5 Å². The Balaban J connectivity index is 0.00000289. The number of nitrogens with zero attached hydrogens (tertiary/aromatic N) is 3. The van der Waals surface area contributed by atoms with Gasteiger partial charge in [0.2, 0.25) is 0 Å². The molecule has 0 spiro atoms. The smallest absolute Gasteiger partial charge is 0.177 e. The van der Waals surface area contributed by atoms with Gasteiger partial charge in [-0.15, -0.1) is 12.4 Å². The molecule has 0 radical (unpaired) electrons. The summed E-state index contributed by atoms with van der Waals surface area (Å²) in [5, 5.41) is 10.6. The van der Waals surface area contributed by atoms with Crippen molar-refractivity contribution >= 4 is 66.0 Å². The van der Waals surface area contributed by atoms with Crippen LogP contribution < -0.4 is 14.4 Å². The third kappa shape index (κ3) is 5.73. The molecule has 1 saturated heterocycles. The molecular formula is C22H27Br3ClN3O3. The quantitative estimate of drug-likeness (QED) is 0.439. The fraction of sp³-hybridized carbons (Fsp3) is 0.500. The van der Waals surface area contributed by atoms with Crippen LogP contribution in [-0.4, -0.2) is 66.0 Å². The number of halogens is 4. The summed E-state index contributed by atoms with van der Waals surface area (Å²) in [6.07, 6.45) is 2.01. The van der Waals surface area contributed by atoms with Crippen LogP contribution in [0.5, 0.6) is 11.5 Å². The molecule has 32 heavy (non-hydrogen) atoms. The Hall–Kier alpha value is -0.580. The van der Waals surface area contributed by atoms with Crippen LogP contribution in [0, 0.1) is 0 Å². The highest BCUT2D eigenvalue weighted by Gasteiger charge is 2.37. The largest absolute Gasteiger partial charge is 0.486 e. The van der Waals surface area contributed by atoms with E-state index in [0.29, 0.717) is 12.3 Å². The van der Waals surface area contributed by atoms with Crippen LogP contribution in [0.2, 0.25) is 0 Å². The lowest BCUT2D eigenvalue weighted by Gasteiger charge is -2.36. The lowest BCUT2D eigenvalue weighted by atomic mass is 10.0. The second-order valence-electron chi connectivity index (χ2n) is 8.56. The minimum atomic E-state index is -0.596. The van der Waals surface area contributed by atoms with Gasteiger partial charge in [0.1, 0.15) is 24.1 Å². The lowest BCUT2D eigenvalue weighted by Crippen LogP contribution is -2.49. The summed E-state index contributed by atoms with van der Waals surface area (Å²) in [6, 6.07) is 5.98. The zero-order chi connectivity index (χ0) is 22.2. The Kier molecular flexibility index (Phi) is 8.77. The first-order chi connectivity index (χ1) is 14.7. The van der Waals surface area contributed by atoms with E-state index in [1.54, 1.807) is 0 Å². The first kappa shape index (κ1) is 26.0. The molecule has 176 valence electrons. The molecular weight excluding hydrogens is 629 g/mol. The van der Waals surface area contributed by atoms with Crippen molar-refractivity contribution in [3.63, 3.8) is 0 Å². The first-order valence-corrected chi connectivity index (χ1v) is 12.7. The highest BCUT2D eigenvalue weighted by atomic mass is 79.9. The van der Waals surface area contributed by atoms with Gasteiger partial charge in [-0.25, -0.2) is 4.98 Å². The highest BCUT2D eigenvalue weighted by molar-refractivity contribution is 9.14. The van der Waals surface area contributed by atoms with Crippen molar-refractivity contribution in [2.45, 2.75) is 32.0 Å². The van der Waals surface area contributed by atoms with Crippen LogP contribution in [0.4, 0.5) is 5.82 Å². The molecule has 1 atom stereocenters. The molecule has 1 fully saturated rings. The maximum absolute atomic E-state index is 10.6. The number of aliphatic hydroxyl groups excluding tert-OH is 1. The van der Waals surface area contributed by atoms with Gasteiger partial charge in [0.05, 0.1) is 8.95 Å². The molecule has 1 aromatic carbocycles. The zero-order valence-electron chi connectivity index (χ0n) is 18.0. The Morgan fingerprint density at radius 1 is 1.12 bits per heavy atom. The molecule has 10 heteroatoms. The van der Waals surface area contributed by atoms with Crippen molar-refractivity contribution < 1.29 is 14.6 Å². The third-order valence-corrected chi connectivity index (χ3v) is 9.03. The van der Waals surface area contributed by atoms with E-state index in [1.165, 1.54) is 0 Å². The van der Waals surface area contributed by atoms with Crippen molar-refractivity contribution in [2.75, 3.05) is 44.2 Å². The molecule has 2 aliphatic rings. The second kappa shape index (κ2) is 10.8. The summed E-state index contributed by atoms with van der Waals surface area (Å²) >= 11 is 10.9. The topological polar surface area (TPSA) is 58.1 Å². The van der Waals surface area contributed by atoms with Gasteiger partial charge in [0.25, 0.3) is 0 Å². The average Bonchev–Trinajstić information content (AvgIpc) is 3.08. The molecule has 2 aliphatic heterocycles. The van der Waals surface area contributed by atoms with Crippen molar-refractivity contribution in [3.05, 3.63) is 43.4 Å². The number of aliphatic hydroxyl groups is 1. The summed E-state index contributed by atoms with van der Waals surface area (Å²) in [5.41, 5.74) is 0.782. The van der Waals surface area contributed by atoms with Crippen molar-refractivity contribution in [2.24, 2.45) is 0 Å². The van der Waals surface area contributed by atoms with Gasteiger partial charge in [-0.05, 0) is 73.8 Å². The number of anilines is 1. The standard InChI is InChI=1S/C22H26Br3N3O3.ClH/c1-22(2)11-15-17(23)18(24)19(25)21(20(15)31-22)30-13-14(29)12-27-7-9-28(10-8-27)16-5-3-4-6-26-16;/h3-6,14,29H,7-13H2,1-2H3;1H. The van der Waals surface area contributed by atoms with Crippen molar-refractivity contribution in [1.29, 1.82) is 0 Å². The zero-order valence-corrected chi connectivity index (χ0v) is 23.6. The van der Waals surface area contributed by atoms with Gasteiger partial charge in [0, 0.05) is 55.4 Å². The number of fused-ring (bicyclic) bond motifs is 1. The summed E-state index contributed by atoms with van der Waals surface area (Å²) in [7, 11) is 0. The van der Waals surface area contributed by atoms with Crippen LogP contribution in [0.1, 0.15) is 19.4 Å². The molecule has 3 heterocycles. The maximum Gasteiger partial charge on any atom is 0.177 e. The number of benzene rings is 1. The minimum absolute atomic E-state index is 0. The Morgan fingerprint density at radius 2 is 1.84 bits per heavy atom. The van der Waals surface area contributed by atoms with E-state index < -0.39 is 6.10 Å². The number of hydrogen-bond acceptors (Lipinski definition) is 6. The van der Waals surface area contributed by atoms with Crippen LogP contribution >= 0.6 is 60.2 Å². The molecule has 6 nitrogen and oxygen atoms in total. The van der Waals surface area contributed by atoms with Gasteiger partial charge in [0.15, 0.2) is 11.5 Å². The van der Waals surface area contributed by atoms with Crippen LogP contribution in [0.3, 0.4) is 0 Å². The Labute approximate surface area is 220 Å². The SMILES string of the molecule is CC1(C)Cc2c(Br)c(Br)c(Br)c(OCC(O)CN3CCN(c4ccccn4)CC3)c2O1.Cl. The average molecular weight is 657 g/mol. The van der Waals surface area contributed by atoms with Gasteiger partial charge in [-0.1, -0.05) is 6.07 Å². The normalized spacial score (nSPS) is 18.5. The van der Waals surface area contributed by atoms with E-state index >= 15 is 0 Å². The number of ether oxygens (including phenoxy) is 2. The first-order valence-electron chi connectivity index (χ1n) is 10.3. The molecule has 1 N–H and O–H groups in total. The highest BCUT2D eigenvalue weighted by Crippen LogP contribution is 2.53. The van der Waals surface area contributed by atoms with E-state index in [4.69, 9.17) is 9.47 Å². The third-order valence-electron chi connectivity index (χ3n) is 5.55. The Bertz CT molecular complexity index is 941. The van der Waals surface area contributed by atoms with E-state index in [1.807, 2.05) is 24.4 Å². The van der Waals surface area contributed by atoms with Crippen LogP contribution in [0.25, 0.3) is 0 Å². The molecule has 4 rings (SSSR count). The van der Waals surface area contributed by atoms with Crippen LogP contribution in [-0.2, 0) is 6.42 Å². The van der Waals surface area contributed by atoms with Gasteiger partial charge in [-0.2, -0.15) is 0 Å². The van der Waals surface area contributed by atoms with Gasteiger partial charge in [-0.3, -0.25) is 4.90 Å². The van der Waals surface area contributed by atoms with Crippen LogP contribution in [0.15, 0.2) is 37.8 Å². The van der Waals surface area contributed by atoms with E-state index in [2.05, 4.69) is 76.4 Å². The Morgan fingerprint density at radius 3 is 2.50 bits per heavy atom. The van der Waals surface area contributed by atoms with Gasteiger partial charge < -0.3 is 19.5 Å². The number of hydrogen-bond donors (Lipinski definition) is 1. The minimum Gasteiger partial charge on any atom is -0.486 e. The molecule has 0 bridgehead atoms. The molecule has 1 aromatic heterocycles. The molecule has 0 amide bonds. The maximum atomic E-state index is 10.6. The van der Waals surface area contributed by atoms with E-state index in [-0.39, 0.29) is 24.6 Å². The predicted molar refractivity (Wildman–Crippen MR) is 140 cm³/mol.